The lowest BCUT2D eigenvalue weighted by atomic mass is 9.85. The second kappa shape index (κ2) is 7.88. The first kappa shape index (κ1) is 17.1. The first-order chi connectivity index (χ1) is 11.7. The molecule has 2 saturated heterocycles. The summed E-state index contributed by atoms with van der Waals surface area (Å²) in [5, 5.41) is 3.04. The van der Waals surface area contributed by atoms with Crippen molar-refractivity contribution in [3.63, 3.8) is 0 Å². The van der Waals surface area contributed by atoms with Gasteiger partial charge in [0.05, 0.1) is 7.11 Å². The molecule has 1 atom stereocenters. The lowest BCUT2D eigenvalue weighted by molar-refractivity contribution is 0.0484. The molecule has 2 fully saturated rings. The zero-order valence-corrected chi connectivity index (χ0v) is 14.7. The molecule has 0 spiro atoms. The van der Waals surface area contributed by atoms with Crippen LogP contribution in [0.3, 0.4) is 0 Å². The molecule has 5 heteroatoms. The normalized spacial score (nSPS) is 21.8. The Balaban J connectivity index is 1.49. The van der Waals surface area contributed by atoms with Gasteiger partial charge in [-0.1, -0.05) is 12.1 Å². The van der Waals surface area contributed by atoms with Crippen molar-refractivity contribution in [2.24, 2.45) is 11.8 Å². The predicted octanol–water partition coefficient (Wildman–Crippen LogP) is 2.96. The monoisotopic (exact) mass is 332 g/mol. The molecule has 1 unspecified atom stereocenters. The van der Waals surface area contributed by atoms with Gasteiger partial charge in [0.1, 0.15) is 5.75 Å². The minimum atomic E-state index is 0.0455. The quantitative estimate of drug-likeness (QED) is 0.922. The highest BCUT2D eigenvalue weighted by atomic mass is 16.5. The number of amides is 2. The smallest absolute Gasteiger partial charge is 0.317 e. The second-order valence-corrected chi connectivity index (χ2v) is 6.91. The lowest BCUT2D eigenvalue weighted by Gasteiger charge is -2.27. The van der Waals surface area contributed by atoms with Crippen molar-refractivity contribution in [1.82, 2.24) is 10.2 Å². The molecular weight excluding hydrogens is 304 g/mol. The summed E-state index contributed by atoms with van der Waals surface area (Å²) in [4.78, 5) is 14.4. The average Bonchev–Trinajstić information content (AvgIpc) is 3.12. The molecule has 2 aliphatic heterocycles. The maximum atomic E-state index is 12.4. The summed E-state index contributed by atoms with van der Waals surface area (Å²) in [6.07, 6.45) is 3.41. The van der Waals surface area contributed by atoms with Gasteiger partial charge in [-0.05, 0) is 55.2 Å². The first-order valence-electron chi connectivity index (χ1n) is 8.91. The third-order valence-corrected chi connectivity index (χ3v) is 5.36. The van der Waals surface area contributed by atoms with Crippen LogP contribution in [0.25, 0.3) is 0 Å². The maximum Gasteiger partial charge on any atom is 0.317 e. The van der Waals surface area contributed by atoms with Gasteiger partial charge in [-0.15, -0.1) is 0 Å². The number of likely N-dealkylation sites (tertiary alicyclic amines) is 1. The summed E-state index contributed by atoms with van der Waals surface area (Å²) in [6, 6.07) is 6.10. The van der Waals surface area contributed by atoms with Gasteiger partial charge in [0.25, 0.3) is 0 Å². The minimum absolute atomic E-state index is 0.0455. The molecule has 1 N–H and O–H groups in total. The average molecular weight is 332 g/mol. The molecule has 0 aromatic heterocycles. The number of urea groups is 1. The highest BCUT2D eigenvalue weighted by Gasteiger charge is 2.32. The molecule has 1 aromatic carbocycles. The fraction of sp³-hybridized carbons (Fsp3) is 0.632. The molecule has 0 bridgehead atoms. The van der Waals surface area contributed by atoms with Crippen LogP contribution < -0.4 is 10.1 Å². The fourth-order valence-electron chi connectivity index (χ4n) is 3.81. The van der Waals surface area contributed by atoms with E-state index in [1.54, 1.807) is 7.11 Å². The molecule has 132 valence electrons. The number of carbonyl (C=O) groups is 1. The molecule has 2 heterocycles. The minimum Gasteiger partial charge on any atom is -0.496 e. The van der Waals surface area contributed by atoms with Gasteiger partial charge in [-0.3, -0.25) is 0 Å². The van der Waals surface area contributed by atoms with Gasteiger partial charge in [0, 0.05) is 32.8 Å². The molecular formula is C19H28N2O3. The topological polar surface area (TPSA) is 50.8 Å². The van der Waals surface area contributed by atoms with Crippen LogP contribution in [-0.4, -0.2) is 44.3 Å². The van der Waals surface area contributed by atoms with E-state index >= 15 is 0 Å². The molecule has 0 saturated carbocycles. The highest BCUT2D eigenvalue weighted by Crippen LogP contribution is 2.31. The maximum absolute atomic E-state index is 12.4. The Morgan fingerprint density at radius 2 is 2.08 bits per heavy atom. The standard InChI is InChI=1S/C19H28N2O3/c1-14-3-4-15(11-18(14)23-2)12-20-19(22)21-8-5-17(13-21)16-6-9-24-10-7-16/h3-4,11,16-17H,5-10,12-13H2,1-2H3,(H,20,22). The lowest BCUT2D eigenvalue weighted by Crippen LogP contribution is -2.38. The third kappa shape index (κ3) is 4.01. The van der Waals surface area contributed by atoms with Crippen LogP contribution >= 0.6 is 0 Å². The van der Waals surface area contributed by atoms with Gasteiger partial charge in [0.15, 0.2) is 0 Å². The molecule has 2 aliphatic rings. The molecule has 5 nitrogen and oxygen atoms in total. The number of methoxy groups -OCH3 is 1. The summed E-state index contributed by atoms with van der Waals surface area (Å²) >= 11 is 0. The summed E-state index contributed by atoms with van der Waals surface area (Å²) < 4.78 is 10.8. The van der Waals surface area contributed by atoms with Crippen molar-refractivity contribution < 1.29 is 14.3 Å². The Labute approximate surface area is 144 Å². The van der Waals surface area contributed by atoms with Crippen molar-refractivity contribution in [3.05, 3.63) is 29.3 Å². The van der Waals surface area contributed by atoms with Gasteiger partial charge < -0.3 is 19.7 Å². The molecule has 1 aromatic rings. The molecule has 0 aliphatic carbocycles. The van der Waals surface area contributed by atoms with E-state index in [1.807, 2.05) is 30.0 Å². The summed E-state index contributed by atoms with van der Waals surface area (Å²) in [5.41, 5.74) is 2.16. The number of carbonyl (C=O) groups excluding carboxylic acids is 1. The Bertz CT molecular complexity index is 570. The van der Waals surface area contributed by atoms with E-state index in [1.165, 1.54) is 0 Å². The van der Waals surface area contributed by atoms with E-state index in [0.717, 1.165) is 68.4 Å². The van der Waals surface area contributed by atoms with Crippen LogP contribution in [0.5, 0.6) is 5.75 Å². The zero-order chi connectivity index (χ0) is 16.9. The van der Waals surface area contributed by atoms with Crippen molar-refractivity contribution >= 4 is 6.03 Å². The van der Waals surface area contributed by atoms with Crippen molar-refractivity contribution in [1.29, 1.82) is 0 Å². The van der Waals surface area contributed by atoms with Crippen LogP contribution in [0.4, 0.5) is 4.79 Å². The Morgan fingerprint density at radius 3 is 2.83 bits per heavy atom. The number of nitrogens with zero attached hydrogens (tertiary/aromatic N) is 1. The van der Waals surface area contributed by atoms with Gasteiger partial charge >= 0.3 is 6.03 Å². The third-order valence-electron chi connectivity index (χ3n) is 5.36. The van der Waals surface area contributed by atoms with Gasteiger partial charge in [-0.25, -0.2) is 4.79 Å². The Morgan fingerprint density at radius 1 is 1.29 bits per heavy atom. The van der Waals surface area contributed by atoms with Crippen molar-refractivity contribution in [2.45, 2.75) is 32.7 Å². The largest absolute Gasteiger partial charge is 0.496 e. The van der Waals surface area contributed by atoms with Crippen LogP contribution in [0.15, 0.2) is 18.2 Å². The number of aryl methyl sites for hydroxylation is 1. The summed E-state index contributed by atoms with van der Waals surface area (Å²) in [5.74, 6) is 2.22. The summed E-state index contributed by atoms with van der Waals surface area (Å²) in [6.45, 7) is 6.06. The predicted molar refractivity (Wildman–Crippen MR) is 93.2 cm³/mol. The van der Waals surface area contributed by atoms with Crippen molar-refractivity contribution in [2.75, 3.05) is 33.4 Å². The number of rotatable bonds is 4. The van der Waals surface area contributed by atoms with E-state index in [0.29, 0.717) is 12.5 Å². The van der Waals surface area contributed by atoms with Gasteiger partial charge in [0.2, 0.25) is 0 Å². The van der Waals surface area contributed by atoms with E-state index in [9.17, 15) is 4.79 Å². The highest BCUT2D eigenvalue weighted by molar-refractivity contribution is 5.74. The first-order valence-corrected chi connectivity index (χ1v) is 8.91. The molecule has 2 amide bonds. The number of ether oxygens (including phenoxy) is 2. The van der Waals surface area contributed by atoms with E-state index in [4.69, 9.17) is 9.47 Å². The molecule has 24 heavy (non-hydrogen) atoms. The van der Waals surface area contributed by atoms with E-state index in [-0.39, 0.29) is 6.03 Å². The fourth-order valence-corrected chi connectivity index (χ4v) is 3.81. The van der Waals surface area contributed by atoms with Gasteiger partial charge in [-0.2, -0.15) is 0 Å². The second-order valence-electron chi connectivity index (χ2n) is 6.91. The molecule has 3 rings (SSSR count). The number of benzene rings is 1. The van der Waals surface area contributed by atoms with E-state index < -0.39 is 0 Å². The number of nitrogens with one attached hydrogen (secondary N) is 1. The van der Waals surface area contributed by atoms with Crippen LogP contribution in [0.1, 0.15) is 30.4 Å². The number of hydrogen-bond acceptors (Lipinski definition) is 3. The Kier molecular flexibility index (Phi) is 5.61. The zero-order valence-electron chi connectivity index (χ0n) is 14.7. The Hall–Kier alpha value is -1.75. The summed E-state index contributed by atoms with van der Waals surface area (Å²) in [7, 11) is 1.67. The number of hydrogen-bond donors (Lipinski definition) is 1. The van der Waals surface area contributed by atoms with Crippen LogP contribution in [-0.2, 0) is 11.3 Å². The molecule has 0 radical (unpaired) electrons. The van der Waals surface area contributed by atoms with Crippen LogP contribution in [0, 0.1) is 18.8 Å². The SMILES string of the molecule is COc1cc(CNC(=O)N2CCC(C3CCOCC3)C2)ccc1C. The van der Waals surface area contributed by atoms with E-state index in [2.05, 4.69) is 5.32 Å². The van der Waals surface area contributed by atoms with Crippen molar-refractivity contribution in [3.8, 4) is 5.75 Å². The van der Waals surface area contributed by atoms with Crippen LogP contribution in [0.2, 0.25) is 0 Å².